The van der Waals surface area contributed by atoms with Gasteiger partial charge in [0.1, 0.15) is 0 Å². The molecule has 0 N–H and O–H groups in total. The summed E-state index contributed by atoms with van der Waals surface area (Å²) in [5.41, 5.74) is 34.3. The van der Waals surface area contributed by atoms with Crippen molar-refractivity contribution in [3.8, 4) is 0 Å². The Balaban J connectivity index is 1.15. The fourth-order valence-electron chi connectivity index (χ4n) is 14.7. The van der Waals surface area contributed by atoms with Crippen molar-refractivity contribution in [3.05, 3.63) is 111 Å². The molecule has 46 heavy (non-hydrogen) atoms. The van der Waals surface area contributed by atoms with Crippen molar-refractivity contribution in [2.75, 3.05) is 0 Å². The van der Waals surface area contributed by atoms with Crippen LogP contribution in [0.25, 0.3) is 0 Å². The quantitative estimate of drug-likeness (QED) is 0.237. The van der Waals surface area contributed by atoms with Crippen molar-refractivity contribution in [2.45, 2.75) is 146 Å². The molecule has 0 saturated heterocycles. The first-order chi connectivity index (χ1) is 22.8. The van der Waals surface area contributed by atoms with E-state index in [0.29, 0.717) is 23.5 Å². The predicted molar refractivity (Wildman–Crippen MR) is 182 cm³/mol. The molecule has 3 aromatic carbocycles. The van der Waals surface area contributed by atoms with E-state index in [1.54, 1.807) is 94.6 Å². The molecule has 10 aliphatic rings. The molecular weight excluding hydrogens is 556 g/mol. The van der Waals surface area contributed by atoms with Gasteiger partial charge in [-0.25, -0.2) is 0 Å². The highest BCUT2D eigenvalue weighted by Gasteiger charge is 2.60. The topological polar surface area (TPSA) is 17.1 Å². The third-order valence-electron chi connectivity index (χ3n) is 15.8. The Hall–Kier alpha value is -2.93. The van der Waals surface area contributed by atoms with Crippen LogP contribution in [0.1, 0.15) is 161 Å². The van der Waals surface area contributed by atoms with E-state index in [-0.39, 0.29) is 5.92 Å². The Morgan fingerprint density at radius 1 is 0.326 bits per heavy atom. The van der Waals surface area contributed by atoms with Crippen LogP contribution in [0.3, 0.4) is 0 Å². The maximum atomic E-state index is 15.6. The summed E-state index contributed by atoms with van der Waals surface area (Å²) < 4.78 is 0. The minimum absolute atomic E-state index is 0.136. The highest BCUT2D eigenvalue weighted by molar-refractivity contribution is 6.07. The van der Waals surface area contributed by atoms with Gasteiger partial charge in [-0.15, -0.1) is 0 Å². The van der Waals surface area contributed by atoms with E-state index in [1.807, 2.05) is 5.57 Å². The third kappa shape index (κ3) is 2.67. The van der Waals surface area contributed by atoms with Crippen LogP contribution in [0.4, 0.5) is 0 Å². The first-order valence-electron chi connectivity index (χ1n) is 19.6. The van der Waals surface area contributed by atoms with Gasteiger partial charge < -0.3 is 0 Å². The van der Waals surface area contributed by atoms with Crippen molar-refractivity contribution >= 4 is 5.78 Å². The zero-order valence-corrected chi connectivity index (χ0v) is 27.4. The molecule has 0 saturated carbocycles. The van der Waals surface area contributed by atoms with Gasteiger partial charge in [0, 0.05) is 29.2 Å². The van der Waals surface area contributed by atoms with E-state index in [2.05, 4.69) is 0 Å². The minimum atomic E-state index is 0.136. The number of carbonyl (C=O) groups excluding carboxylic acids is 1. The summed E-state index contributed by atoms with van der Waals surface area (Å²) in [5, 5.41) is 0. The number of carbonyl (C=O) groups is 1. The van der Waals surface area contributed by atoms with Gasteiger partial charge in [-0.05, 0) is 223 Å². The van der Waals surface area contributed by atoms with Gasteiger partial charge in [0.15, 0.2) is 5.78 Å². The molecule has 10 aliphatic carbocycles. The molecule has 0 aromatic heterocycles. The second kappa shape index (κ2) is 8.37. The molecule has 1 nitrogen and oxygen atoms in total. The number of ketones is 1. The Labute approximate surface area is 273 Å². The standard InChI is InChI=1S/C45H44O/c46-45-42-32-18-6-12-26(32)25-11-5-17-31(25)39(42)43-40-35(19-33-27-13-1-7-21(27)23-9-3-15-29(23)37(33)40)36-20-34-28-14-2-8-22(28)24-10-4-16-30(24)38(34)41(36)44(43)45/h40-41,43-44H,1-20H2/t40-,41-,43+,44+/m1/s1. The molecule has 0 unspecified atom stereocenters. The molecule has 0 heterocycles. The van der Waals surface area contributed by atoms with Crippen LogP contribution in [0.15, 0.2) is 11.1 Å². The van der Waals surface area contributed by atoms with Crippen LogP contribution in [0.5, 0.6) is 0 Å². The lowest BCUT2D eigenvalue weighted by molar-refractivity contribution is 0.0899. The fraction of sp³-hybridized carbons (Fsp3) is 0.533. The zero-order valence-electron chi connectivity index (χ0n) is 27.4. The van der Waals surface area contributed by atoms with Crippen LogP contribution < -0.4 is 0 Å². The van der Waals surface area contributed by atoms with E-state index in [1.165, 1.54) is 133 Å². The molecule has 230 valence electrons. The summed E-state index contributed by atoms with van der Waals surface area (Å²) in [6.45, 7) is 0. The van der Waals surface area contributed by atoms with Crippen LogP contribution in [-0.2, 0) is 89.9 Å². The zero-order chi connectivity index (χ0) is 29.6. The highest BCUT2D eigenvalue weighted by Crippen LogP contribution is 2.69. The van der Waals surface area contributed by atoms with Crippen molar-refractivity contribution in [2.24, 2.45) is 5.92 Å². The lowest BCUT2D eigenvalue weighted by Crippen LogP contribution is -2.32. The second-order valence-electron chi connectivity index (χ2n) is 17.2. The number of Topliss-reactive ketones (excluding diaryl/α,β-unsaturated/α-hetero) is 1. The summed E-state index contributed by atoms with van der Waals surface area (Å²) >= 11 is 0. The maximum absolute atomic E-state index is 15.6. The van der Waals surface area contributed by atoms with Crippen molar-refractivity contribution < 1.29 is 4.79 Å². The smallest absolute Gasteiger partial charge is 0.168 e. The van der Waals surface area contributed by atoms with Gasteiger partial charge in [0.25, 0.3) is 0 Å². The van der Waals surface area contributed by atoms with E-state index < -0.39 is 0 Å². The Kier molecular flexibility index (Phi) is 4.57. The molecule has 1 heteroatoms. The molecule has 0 fully saturated rings. The Morgan fingerprint density at radius 3 is 1.13 bits per heavy atom. The van der Waals surface area contributed by atoms with Gasteiger partial charge in [-0.1, -0.05) is 11.1 Å². The number of hydrogen-bond donors (Lipinski definition) is 0. The van der Waals surface area contributed by atoms with Crippen LogP contribution >= 0.6 is 0 Å². The van der Waals surface area contributed by atoms with Gasteiger partial charge >= 0.3 is 0 Å². The monoisotopic (exact) mass is 600 g/mol. The van der Waals surface area contributed by atoms with Crippen molar-refractivity contribution in [1.82, 2.24) is 0 Å². The molecule has 0 spiro atoms. The van der Waals surface area contributed by atoms with E-state index in [0.717, 1.165) is 6.42 Å². The summed E-state index contributed by atoms with van der Waals surface area (Å²) in [6.07, 6.45) is 25.5. The maximum Gasteiger partial charge on any atom is 0.168 e. The molecule has 0 radical (unpaired) electrons. The molecule has 0 amide bonds. The van der Waals surface area contributed by atoms with Gasteiger partial charge in [0.2, 0.25) is 0 Å². The number of fused-ring (bicyclic) bond motifs is 26. The molecule has 3 aromatic rings. The molecule has 0 aliphatic heterocycles. The highest BCUT2D eigenvalue weighted by atomic mass is 16.1. The largest absolute Gasteiger partial charge is 0.294 e. The Morgan fingerprint density at radius 2 is 0.652 bits per heavy atom. The number of hydrogen-bond acceptors (Lipinski definition) is 1. The Bertz CT molecular complexity index is 2100. The van der Waals surface area contributed by atoms with E-state index >= 15 is 4.79 Å². The van der Waals surface area contributed by atoms with E-state index in [9.17, 15) is 0 Å². The summed E-state index contributed by atoms with van der Waals surface area (Å²) in [4.78, 5) is 15.6. The first kappa shape index (κ1) is 25.1. The number of rotatable bonds is 0. The molecule has 4 atom stereocenters. The fourth-order valence-corrected chi connectivity index (χ4v) is 14.7. The van der Waals surface area contributed by atoms with Crippen molar-refractivity contribution in [3.63, 3.8) is 0 Å². The molecule has 13 rings (SSSR count). The SMILES string of the molecule is O=C1c2c3c(c4c(c2[C@@H]2[C@@H]1[C@@H]1C(=C5Cc6c7c(c8c(c6[C@@H]52)CCC8)CCC7)Cc2c5c(c6c(c21)CCC6)CCC5)CCC4)CCC3. The lowest BCUT2D eigenvalue weighted by atomic mass is 9.62. The first-order valence-corrected chi connectivity index (χ1v) is 19.6. The number of allylic oxidation sites excluding steroid dienone is 2. The van der Waals surface area contributed by atoms with Gasteiger partial charge in [0.05, 0.1) is 0 Å². The average Bonchev–Trinajstić information content (AvgIpc) is 3.90. The summed E-state index contributed by atoms with van der Waals surface area (Å²) in [6, 6.07) is 0. The number of benzene rings is 3. The molecule has 0 bridgehead atoms. The normalized spacial score (nSPS) is 29.3. The molecular formula is C45H44O. The van der Waals surface area contributed by atoms with Gasteiger partial charge in [-0.2, -0.15) is 0 Å². The summed E-state index contributed by atoms with van der Waals surface area (Å²) in [7, 11) is 0. The van der Waals surface area contributed by atoms with E-state index in [4.69, 9.17) is 0 Å². The third-order valence-corrected chi connectivity index (χ3v) is 15.8. The van der Waals surface area contributed by atoms with Crippen LogP contribution in [-0.4, -0.2) is 5.78 Å². The van der Waals surface area contributed by atoms with Crippen LogP contribution in [0.2, 0.25) is 0 Å². The second-order valence-corrected chi connectivity index (χ2v) is 17.2. The van der Waals surface area contributed by atoms with Gasteiger partial charge in [-0.3, -0.25) is 4.79 Å². The van der Waals surface area contributed by atoms with Crippen molar-refractivity contribution in [1.29, 1.82) is 0 Å². The summed E-state index contributed by atoms with van der Waals surface area (Å²) in [5.74, 6) is 1.94. The lowest BCUT2D eigenvalue weighted by Gasteiger charge is -2.40. The minimum Gasteiger partial charge on any atom is -0.294 e. The average molecular weight is 601 g/mol. The predicted octanol–water partition coefficient (Wildman–Crippen LogP) is 8.50. The van der Waals surface area contributed by atoms with Crippen LogP contribution in [0, 0.1) is 5.92 Å².